The van der Waals surface area contributed by atoms with Gasteiger partial charge in [0.2, 0.25) is 0 Å². The Labute approximate surface area is 176 Å². The second-order valence-electron chi connectivity index (χ2n) is 7.10. The molecule has 0 atom stereocenters. The molecule has 29 heavy (non-hydrogen) atoms. The Morgan fingerprint density at radius 1 is 1.21 bits per heavy atom. The Bertz CT molecular complexity index is 958. The summed E-state index contributed by atoms with van der Waals surface area (Å²) in [6.07, 6.45) is 1.83. The van der Waals surface area contributed by atoms with Crippen molar-refractivity contribution in [3.05, 3.63) is 40.4 Å². The maximum absolute atomic E-state index is 13.2. The number of ether oxygens (including phenoxy) is 2. The van der Waals surface area contributed by atoms with Crippen LogP contribution in [-0.4, -0.2) is 40.8 Å². The van der Waals surface area contributed by atoms with Crippen LogP contribution in [0.25, 0.3) is 10.2 Å². The molecule has 0 aliphatic heterocycles. The second kappa shape index (κ2) is 9.31. The minimum absolute atomic E-state index is 0.0535. The van der Waals surface area contributed by atoms with E-state index in [1.165, 1.54) is 11.3 Å². The van der Waals surface area contributed by atoms with Gasteiger partial charge in [0.1, 0.15) is 4.83 Å². The number of methoxy groups -OCH3 is 1. The van der Waals surface area contributed by atoms with Crippen LogP contribution in [0, 0.1) is 6.92 Å². The molecule has 0 aliphatic rings. The number of carbonyl (C=O) groups is 1. The van der Waals surface area contributed by atoms with Gasteiger partial charge in [-0.1, -0.05) is 19.9 Å². The van der Waals surface area contributed by atoms with E-state index in [1.54, 1.807) is 7.11 Å². The largest absolute Gasteiger partial charge is 0.493 e. The number of amides is 1. The summed E-state index contributed by atoms with van der Waals surface area (Å²) in [6, 6.07) is 7.85. The van der Waals surface area contributed by atoms with E-state index < -0.39 is 0 Å². The highest BCUT2D eigenvalue weighted by molar-refractivity contribution is 7.20. The molecule has 3 rings (SSSR count). The van der Waals surface area contributed by atoms with Crippen molar-refractivity contribution in [1.29, 1.82) is 0 Å². The third kappa shape index (κ3) is 4.56. The first kappa shape index (κ1) is 21.2. The van der Waals surface area contributed by atoms with Crippen LogP contribution in [0.2, 0.25) is 0 Å². The summed E-state index contributed by atoms with van der Waals surface area (Å²) in [5.41, 5.74) is 1.97. The lowest BCUT2D eigenvalue weighted by atomic mass is 10.1. The van der Waals surface area contributed by atoms with Gasteiger partial charge >= 0.3 is 0 Å². The average molecular weight is 416 g/mol. The van der Waals surface area contributed by atoms with Crippen LogP contribution in [0.3, 0.4) is 0 Å². The number of nitrogens with zero attached hydrogens (tertiary/aromatic N) is 3. The van der Waals surface area contributed by atoms with E-state index in [0.29, 0.717) is 25.4 Å². The molecule has 6 nitrogen and oxygen atoms in total. The van der Waals surface area contributed by atoms with E-state index >= 15 is 0 Å². The van der Waals surface area contributed by atoms with Crippen LogP contribution in [0.4, 0.5) is 0 Å². The summed E-state index contributed by atoms with van der Waals surface area (Å²) in [5.74, 6) is 1.49. The molecule has 0 unspecified atom stereocenters. The zero-order chi connectivity index (χ0) is 21.0. The quantitative estimate of drug-likeness (QED) is 0.504. The molecule has 0 saturated carbocycles. The highest BCUT2D eigenvalue weighted by Gasteiger charge is 2.21. The Balaban J connectivity index is 1.83. The number of thiophene rings is 1. The molecule has 0 N–H and O–H groups in total. The number of rotatable bonds is 9. The van der Waals surface area contributed by atoms with Gasteiger partial charge < -0.3 is 14.4 Å². The van der Waals surface area contributed by atoms with Gasteiger partial charge in [0.05, 0.1) is 24.3 Å². The van der Waals surface area contributed by atoms with Crippen molar-refractivity contribution in [3.8, 4) is 11.5 Å². The predicted octanol–water partition coefficient (Wildman–Crippen LogP) is 4.79. The van der Waals surface area contributed by atoms with Crippen LogP contribution >= 0.6 is 11.3 Å². The maximum atomic E-state index is 13.2. The molecule has 2 heterocycles. The Hall–Kier alpha value is -2.54. The van der Waals surface area contributed by atoms with Gasteiger partial charge in [-0.3, -0.25) is 9.48 Å². The number of fused-ring (bicyclic) bond motifs is 1. The molecule has 0 bridgehead atoms. The Morgan fingerprint density at radius 3 is 2.66 bits per heavy atom. The lowest BCUT2D eigenvalue weighted by molar-refractivity contribution is 0.0748. The maximum Gasteiger partial charge on any atom is 0.264 e. The Kier molecular flexibility index (Phi) is 6.79. The van der Waals surface area contributed by atoms with Crippen LogP contribution in [0.15, 0.2) is 24.3 Å². The number of carbonyl (C=O) groups excluding carboxylic acids is 1. The topological polar surface area (TPSA) is 56.6 Å². The van der Waals surface area contributed by atoms with Gasteiger partial charge in [-0.05, 0) is 43.5 Å². The van der Waals surface area contributed by atoms with E-state index in [0.717, 1.165) is 44.9 Å². The van der Waals surface area contributed by atoms with Crippen LogP contribution in [-0.2, 0) is 13.6 Å². The highest BCUT2D eigenvalue weighted by Crippen LogP contribution is 2.31. The summed E-state index contributed by atoms with van der Waals surface area (Å²) in [5, 5.41) is 5.48. The number of aryl methyl sites for hydroxylation is 2. The van der Waals surface area contributed by atoms with Crippen LogP contribution < -0.4 is 9.47 Å². The number of aromatic nitrogens is 2. The molecular formula is C22H29N3O3S. The van der Waals surface area contributed by atoms with Gasteiger partial charge in [-0.2, -0.15) is 5.10 Å². The fourth-order valence-corrected chi connectivity index (χ4v) is 4.44. The summed E-state index contributed by atoms with van der Waals surface area (Å²) in [6.45, 7) is 8.00. The van der Waals surface area contributed by atoms with Crippen molar-refractivity contribution in [2.45, 2.75) is 40.2 Å². The molecule has 156 valence electrons. The summed E-state index contributed by atoms with van der Waals surface area (Å²) >= 11 is 1.50. The first-order valence-electron chi connectivity index (χ1n) is 10.0. The van der Waals surface area contributed by atoms with Crippen molar-refractivity contribution < 1.29 is 14.3 Å². The Morgan fingerprint density at radius 2 is 2.00 bits per heavy atom. The monoisotopic (exact) mass is 415 g/mol. The molecule has 0 saturated heterocycles. The fourth-order valence-electron chi connectivity index (χ4n) is 3.35. The molecular weight excluding hydrogens is 386 g/mol. The molecule has 0 fully saturated rings. The van der Waals surface area contributed by atoms with E-state index in [4.69, 9.17) is 9.47 Å². The molecule has 0 radical (unpaired) electrons. The van der Waals surface area contributed by atoms with Gasteiger partial charge in [0, 0.05) is 25.5 Å². The van der Waals surface area contributed by atoms with E-state index in [2.05, 4.69) is 18.9 Å². The third-order valence-corrected chi connectivity index (χ3v) is 5.94. The third-order valence-electron chi connectivity index (χ3n) is 4.75. The molecule has 2 aromatic heterocycles. The van der Waals surface area contributed by atoms with E-state index in [-0.39, 0.29) is 5.91 Å². The molecule has 7 heteroatoms. The van der Waals surface area contributed by atoms with E-state index in [9.17, 15) is 4.79 Å². The molecule has 3 aromatic rings. The summed E-state index contributed by atoms with van der Waals surface area (Å²) < 4.78 is 13.1. The van der Waals surface area contributed by atoms with Crippen molar-refractivity contribution in [2.75, 3.05) is 20.3 Å². The normalized spacial score (nSPS) is 11.1. The standard InChI is InChI=1S/C22H29N3O3S/c1-6-10-25(14-16-8-9-18(28-11-7-2)19(12-16)27-5)21(26)20-13-17-15(3)23-24(4)22(17)29-20/h8-9,12-13H,6-7,10-11,14H2,1-5H3. The van der Waals surface area contributed by atoms with Gasteiger partial charge in [-0.15, -0.1) is 11.3 Å². The zero-order valence-electron chi connectivity index (χ0n) is 17.8. The molecule has 1 aromatic carbocycles. The SMILES string of the molecule is CCCOc1ccc(CN(CCC)C(=O)c2cc3c(C)nn(C)c3s2)cc1OC. The van der Waals surface area contributed by atoms with Crippen molar-refractivity contribution in [2.24, 2.45) is 7.05 Å². The first-order valence-corrected chi connectivity index (χ1v) is 10.8. The number of hydrogen-bond donors (Lipinski definition) is 0. The smallest absolute Gasteiger partial charge is 0.264 e. The van der Waals surface area contributed by atoms with Crippen molar-refractivity contribution in [3.63, 3.8) is 0 Å². The zero-order valence-corrected chi connectivity index (χ0v) is 18.6. The first-order chi connectivity index (χ1) is 14.0. The number of benzene rings is 1. The molecule has 1 amide bonds. The minimum atomic E-state index is 0.0535. The fraction of sp³-hybridized carbons (Fsp3) is 0.455. The molecule has 0 aliphatic carbocycles. The second-order valence-corrected chi connectivity index (χ2v) is 8.13. The van der Waals surface area contributed by atoms with E-state index in [1.807, 2.05) is 47.8 Å². The highest BCUT2D eigenvalue weighted by atomic mass is 32.1. The van der Waals surface area contributed by atoms with Crippen molar-refractivity contribution in [1.82, 2.24) is 14.7 Å². The van der Waals surface area contributed by atoms with Crippen molar-refractivity contribution >= 4 is 27.5 Å². The predicted molar refractivity (Wildman–Crippen MR) is 117 cm³/mol. The average Bonchev–Trinajstić information content (AvgIpc) is 3.27. The van der Waals surface area contributed by atoms with Gasteiger partial charge in [0.25, 0.3) is 5.91 Å². The molecule has 0 spiro atoms. The minimum Gasteiger partial charge on any atom is -0.493 e. The lowest BCUT2D eigenvalue weighted by Crippen LogP contribution is -2.30. The number of hydrogen-bond acceptors (Lipinski definition) is 5. The summed E-state index contributed by atoms with van der Waals surface area (Å²) in [7, 11) is 3.55. The van der Waals surface area contributed by atoms with Gasteiger partial charge in [0.15, 0.2) is 11.5 Å². The van der Waals surface area contributed by atoms with Gasteiger partial charge in [-0.25, -0.2) is 0 Å². The van der Waals surface area contributed by atoms with Crippen LogP contribution in [0.1, 0.15) is 47.6 Å². The summed E-state index contributed by atoms with van der Waals surface area (Å²) in [4.78, 5) is 16.9. The van der Waals surface area contributed by atoms with Crippen LogP contribution in [0.5, 0.6) is 11.5 Å². The lowest BCUT2D eigenvalue weighted by Gasteiger charge is -2.22.